The van der Waals surface area contributed by atoms with E-state index in [2.05, 4.69) is 55.0 Å². The summed E-state index contributed by atoms with van der Waals surface area (Å²) in [6, 6.07) is 10.5. The predicted octanol–water partition coefficient (Wildman–Crippen LogP) is 3.83. The third kappa shape index (κ3) is 3.32. The molecule has 25 heavy (non-hydrogen) atoms. The minimum Gasteiger partial charge on any atom is -0.326 e. The lowest BCUT2D eigenvalue weighted by Gasteiger charge is -2.20. The largest absolute Gasteiger partial charge is 0.326 e. The Labute approximate surface area is 154 Å². The van der Waals surface area contributed by atoms with Gasteiger partial charge >= 0.3 is 0 Å². The highest BCUT2D eigenvalue weighted by Crippen LogP contribution is 2.26. The van der Waals surface area contributed by atoms with Crippen molar-refractivity contribution in [3.05, 3.63) is 64.0 Å². The summed E-state index contributed by atoms with van der Waals surface area (Å²) in [7, 11) is 0. The molecule has 5 nitrogen and oxygen atoms in total. The van der Waals surface area contributed by atoms with Gasteiger partial charge in [-0.1, -0.05) is 12.1 Å². The smallest absolute Gasteiger partial charge is 0.224 e. The molecule has 0 spiro atoms. The summed E-state index contributed by atoms with van der Waals surface area (Å²) in [4.78, 5) is 15.9. The van der Waals surface area contributed by atoms with Crippen LogP contribution in [0.15, 0.2) is 47.2 Å². The maximum absolute atomic E-state index is 11.5. The zero-order chi connectivity index (χ0) is 17.4. The number of carbonyl (C=O) groups excluding carboxylic acids is 1. The number of nitrogens with zero attached hydrogens (tertiary/aromatic N) is 2. The number of halogens is 1. The SMILES string of the molecule is CC(NCc1cnc2ccc(Br)cn12)c1ccc2c(c1)CCC(=O)N2. The van der Waals surface area contributed by atoms with Crippen molar-refractivity contribution in [2.45, 2.75) is 32.4 Å². The Morgan fingerprint density at radius 3 is 3.08 bits per heavy atom. The van der Waals surface area contributed by atoms with Crippen molar-refractivity contribution in [2.24, 2.45) is 0 Å². The number of benzene rings is 1. The lowest BCUT2D eigenvalue weighted by molar-refractivity contribution is -0.116. The Kier molecular flexibility index (Phi) is 4.31. The fraction of sp³-hybridized carbons (Fsp3) is 0.263. The van der Waals surface area contributed by atoms with Crippen molar-refractivity contribution in [1.29, 1.82) is 0 Å². The summed E-state index contributed by atoms with van der Waals surface area (Å²) < 4.78 is 3.12. The molecule has 0 saturated heterocycles. The number of nitrogens with one attached hydrogen (secondary N) is 2. The first-order chi connectivity index (χ1) is 12.1. The lowest BCUT2D eigenvalue weighted by atomic mass is 9.98. The number of aromatic nitrogens is 2. The van der Waals surface area contributed by atoms with Crippen LogP contribution in [0, 0.1) is 0 Å². The Hall–Kier alpha value is -2.18. The molecule has 1 aromatic carbocycles. The zero-order valence-corrected chi connectivity index (χ0v) is 15.5. The summed E-state index contributed by atoms with van der Waals surface area (Å²) in [5.74, 6) is 0.102. The number of hydrogen-bond donors (Lipinski definition) is 2. The second kappa shape index (κ2) is 6.61. The maximum atomic E-state index is 11.5. The quantitative estimate of drug-likeness (QED) is 0.701. The molecular formula is C19H19BrN4O. The van der Waals surface area contributed by atoms with Crippen LogP contribution in [0.1, 0.15) is 36.2 Å². The maximum Gasteiger partial charge on any atom is 0.224 e. The molecule has 6 heteroatoms. The van der Waals surface area contributed by atoms with Crippen LogP contribution < -0.4 is 10.6 Å². The number of amides is 1. The van der Waals surface area contributed by atoms with Gasteiger partial charge in [0.2, 0.25) is 5.91 Å². The van der Waals surface area contributed by atoms with E-state index in [0.29, 0.717) is 6.42 Å². The molecule has 0 fully saturated rings. The topological polar surface area (TPSA) is 58.4 Å². The van der Waals surface area contributed by atoms with Crippen LogP contribution in [0.25, 0.3) is 5.65 Å². The summed E-state index contributed by atoms with van der Waals surface area (Å²) in [5, 5.41) is 6.50. The van der Waals surface area contributed by atoms with Crippen LogP contribution in [0.3, 0.4) is 0 Å². The van der Waals surface area contributed by atoms with E-state index in [0.717, 1.165) is 34.5 Å². The molecule has 1 amide bonds. The summed E-state index contributed by atoms with van der Waals surface area (Å²) in [6.07, 6.45) is 5.31. The summed E-state index contributed by atoms with van der Waals surface area (Å²) >= 11 is 3.51. The lowest BCUT2D eigenvalue weighted by Crippen LogP contribution is -2.21. The molecule has 3 aromatic rings. The van der Waals surface area contributed by atoms with Crippen molar-refractivity contribution < 1.29 is 4.79 Å². The zero-order valence-electron chi connectivity index (χ0n) is 13.9. The summed E-state index contributed by atoms with van der Waals surface area (Å²) in [5.41, 5.74) is 5.44. The molecule has 2 aromatic heterocycles. The van der Waals surface area contributed by atoms with Gasteiger partial charge in [0.1, 0.15) is 5.65 Å². The Bertz CT molecular complexity index is 950. The van der Waals surface area contributed by atoms with Gasteiger partial charge in [0.05, 0.1) is 11.9 Å². The van der Waals surface area contributed by atoms with Gasteiger partial charge in [-0.05, 0) is 58.6 Å². The molecule has 3 heterocycles. The van der Waals surface area contributed by atoms with Gasteiger partial charge in [0.25, 0.3) is 0 Å². The van der Waals surface area contributed by atoms with E-state index in [9.17, 15) is 4.79 Å². The predicted molar refractivity (Wildman–Crippen MR) is 102 cm³/mol. The third-order valence-corrected chi connectivity index (χ3v) is 5.13. The fourth-order valence-corrected chi connectivity index (χ4v) is 3.52. The van der Waals surface area contributed by atoms with E-state index in [4.69, 9.17) is 0 Å². The van der Waals surface area contributed by atoms with E-state index in [1.807, 2.05) is 30.6 Å². The van der Waals surface area contributed by atoms with Gasteiger partial charge in [0.15, 0.2) is 0 Å². The number of aryl methyl sites for hydroxylation is 1. The van der Waals surface area contributed by atoms with E-state index in [1.54, 1.807) is 0 Å². The van der Waals surface area contributed by atoms with Gasteiger partial charge in [-0.15, -0.1) is 0 Å². The van der Waals surface area contributed by atoms with Gasteiger partial charge < -0.3 is 15.0 Å². The third-order valence-electron chi connectivity index (χ3n) is 4.66. The molecule has 1 aliphatic rings. The number of anilines is 1. The van der Waals surface area contributed by atoms with Gasteiger partial charge in [-0.2, -0.15) is 0 Å². The van der Waals surface area contributed by atoms with Crippen LogP contribution in [0.5, 0.6) is 0 Å². The van der Waals surface area contributed by atoms with Crippen LogP contribution in [-0.4, -0.2) is 15.3 Å². The molecule has 0 bridgehead atoms. The molecule has 0 radical (unpaired) electrons. The minimum absolute atomic E-state index is 0.102. The Balaban J connectivity index is 1.49. The number of fused-ring (bicyclic) bond motifs is 2. The van der Waals surface area contributed by atoms with Crippen molar-refractivity contribution in [1.82, 2.24) is 14.7 Å². The van der Waals surface area contributed by atoms with Crippen LogP contribution in [0.4, 0.5) is 5.69 Å². The Morgan fingerprint density at radius 1 is 1.32 bits per heavy atom. The number of hydrogen-bond acceptors (Lipinski definition) is 3. The van der Waals surface area contributed by atoms with Crippen LogP contribution in [0.2, 0.25) is 0 Å². The number of pyridine rings is 1. The number of rotatable bonds is 4. The highest BCUT2D eigenvalue weighted by Gasteiger charge is 2.16. The van der Waals surface area contributed by atoms with Crippen molar-refractivity contribution in [2.75, 3.05) is 5.32 Å². The molecular weight excluding hydrogens is 380 g/mol. The second-order valence-corrected chi connectivity index (χ2v) is 7.31. The van der Waals surface area contributed by atoms with Crippen molar-refractivity contribution >= 4 is 33.2 Å². The first-order valence-corrected chi connectivity index (χ1v) is 9.17. The molecule has 128 valence electrons. The minimum atomic E-state index is 0.102. The van der Waals surface area contributed by atoms with Gasteiger partial charge in [-0.25, -0.2) is 4.98 Å². The first-order valence-electron chi connectivity index (χ1n) is 8.38. The molecule has 4 rings (SSSR count). The van der Waals surface area contributed by atoms with E-state index in [1.165, 1.54) is 11.1 Å². The van der Waals surface area contributed by atoms with E-state index in [-0.39, 0.29) is 11.9 Å². The van der Waals surface area contributed by atoms with Crippen molar-refractivity contribution in [3.8, 4) is 0 Å². The second-order valence-electron chi connectivity index (χ2n) is 6.39. The molecule has 1 aliphatic heterocycles. The van der Waals surface area contributed by atoms with Gasteiger partial charge in [-0.3, -0.25) is 4.79 Å². The standard InChI is InChI=1S/C19H19BrN4O/c1-12(13-2-5-17-14(8-13)3-7-19(25)23-17)21-9-16-10-22-18-6-4-15(20)11-24(16)18/h2,4-6,8,10-12,21H,3,7,9H2,1H3,(H,23,25). The molecule has 1 unspecified atom stereocenters. The van der Waals surface area contributed by atoms with E-state index < -0.39 is 0 Å². The molecule has 1 atom stereocenters. The van der Waals surface area contributed by atoms with E-state index >= 15 is 0 Å². The van der Waals surface area contributed by atoms with Crippen LogP contribution >= 0.6 is 15.9 Å². The Morgan fingerprint density at radius 2 is 2.20 bits per heavy atom. The van der Waals surface area contributed by atoms with Crippen LogP contribution in [-0.2, 0) is 17.8 Å². The average Bonchev–Trinajstić information content (AvgIpc) is 3.01. The van der Waals surface area contributed by atoms with Crippen molar-refractivity contribution in [3.63, 3.8) is 0 Å². The number of imidazole rings is 1. The average molecular weight is 399 g/mol. The summed E-state index contributed by atoms with van der Waals surface area (Å²) in [6.45, 7) is 2.88. The van der Waals surface area contributed by atoms with Gasteiger partial charge in [0, 0.05) is 35.4 Å². The number of carbonyl (C=O) groups is 1. The first kappa shape index (κ1) is 16.3. The molecule has 0 saturated carbocycles. The normalized spacial score (nSPS) is 15.0. The molecule has 0 aliphatic carbocycles. The fourth-order valence-electron chi connectivity index (χ4n) is 3.18. The molecule has 2 N–H and O–H groups in total. The monoisotopic (exact) mass is 398 g/mol. The highest BCUT2D eigenvalue weighted by atomic mass is 79.9. The highest BCUT2D eigenvalue weighted by molar-refractivity contribution is 9.10.